The average molecular weight is 533 g/mol. The first-order valence-corrected chi connectivity index (χ1v) is 12.4. The lowest BCUT2D eigenvalue weighted by Crippen LogP contribution is -2.44. The van der Waals surface area contributed by atoms with Gasteiger partial charge in [0.15, 0.2) is 12.1 Å². The van der Waals surface area contributed by atoms with Gasteiger partial charge in [0.25, 0.3) is 5.91 Å². The van der Waals surface area contributed by atoms with Crippen LogP contribution in [-0.2, 0) is 11.2 Å². The standard InChI is InChI=1S/C27H28F3N3O5/c28-27(29,30)38-22-12-10-18(11-13-22)23-15-20(32-33(23)21-4-2-1-3-5-21)14-17-6-8-19(9-7-17)25(35)31-16-24(34)26(36)37/h6-13,15,21,24,34H,1-5,14,16H2,(H2,31,35,36,37)/p+1. The number of H-pyrrole nitrogens is 1. The highest BCUT2D eigenvalue weighted by Crippen LogP contribution is 2.29. The van der Waals surface area contributed by atoms with E-state index in [-0.39, 0.29) is 11.8 Å². The quantitative estimate of drug-likeness (QED) is 0.309. The van der Waals surface area contributed by atoms with E-state index in [1.54, 1.807) is 36.4 Å². The highest BCUT2D eigenvalue weighted by molar-refractivity contribution is 5.94. The number of aliphatic hydroxyl groups is 1. The third kappa shape index (κ3) is 7.12. The molecule has 1 fully saturated rings. The second kappa shape index (κ2) is 11.7. The second-order valence-corrected chi connectivity index (χ2v) is 9.34. The number of benzene rings is 2. The minimum Gasteiger partial charge on any atom is -0.479 e. The third-order valence-corrected chi connectivity index (χ3v) is 6.51. The van der Waals surface area contributed by atoms with Gasteiger partial charge in [-0.25, -0.2) is 4.79 Å². The predicted molar refractivity (Wildman–Crippen MR) is 130 cm³/mol. The molecule has 1 aliphatic carbocycles. The number of halogens is 3. The van der Waals surface area contributed by atoms with Crippen LogP contribution in [-0.4, -0.2) is 46.2 Å². The summed E-state index contributed by atoms with van der Waals surface area (Å²) >= 11 is 0. The number of nitrogens with one attached hydrogen (secondary N) is 2. The fourth-order valence-corrected chi connectivity index (χ4v) is 4.62. The van der Waals surface area contributed by atoms with Gasteiger partial charge in [-0.3, -0.25) is 4.79 Å². The number of carbonyl (C=O) groups excluding carboxylic acids is 1. The van der Waals surface area contributed by atoms with E-state index in [1.807, 2.05) is 6.07 Å². The Morgan fingerprint density at radius 2 is 1.71 bits per heavy atom. The molecule has 3 aromatic rings. The van der Waals surface area contributed by atoms with Crippen LogP contribution in [0.1, 0.15) is 59.8 Å². The topological polar surface area (TPSA) is 116 Å². The van der Waals surface area contributed by atoms with Gasteiger partial charge >= 0.3 is 12.3 Å². The van der Waals surface area contributed by atoms with Gasteiger partial charge in [-0.1, -0.05) is 18.6 Å². The smallest absolute Gasteiger partial charge is 0.479 e. The zero-order valence-electron chi connectivity index (χ0n) is 20.5. The number of hydrogen-bond acceptors (Lipinski definition) is 4. The molecule has 0 aliphatic heterocycles. The van der Waals surface area contributed by atoms with Gasteiger partial charge < -0.3 is 20.3 Å². The van der Waals surface area contributed by atoms with Crippen LogP contribution in [0.5, 0.6) is 5.75 Å². The Bertz CT molecular complexity index is 1250. The van der Waals surface area contributed by atoms with Gasteiger partial charge in [0, 0.05) is 36.5 Å². The van der Waals surface area contributed by atoms with Crippen molar-refractivity contribution in [3.05, 3.63) is 71.4 Å². The van der Waals surface area contributed by atoms with Crippen molar-refractivity contribution >= 4 is 11.9 Å². The molecule has 1 saturated carbocycles. The van der Waals surface area contributed by atoms with E-state index in [2.05, 4.69) is 19.8 Å². The molecular formula is C27H29F3N3O5+. The van der Waals surface area contributed by atoms with Gasteiger partial charge in [0.2, 0.25) is 5.69 Å². The number of alkyl halides is 3. The largest absolute Gasteiger partial charge is 0.573 e. The third-order valence-electron chi connectivity index (χ3n) is 6.51. The Morgan fingerprint density at radius 3 is 2.32 bits per heavy atom. The molecule has 38 heavy (non-hydrogen) atoms. The SMILES string of the molecule is O=C(NCC(O)C(=O)O)c1ccc(Cc2cc(-c3ccc(OC(F)(F)F)cc3)[n+](C3CCCCC3)[nH]2)cc1. The predicted octanol–water partition coefficient (Wildman–Crippen LogP) is 4.14. The number of rotatable bonds is 9. The van der Waals surface area contributed by atoms with Crippen LogP contribution >= 0.6 is 0 Å². The fourth-order valence-electron chi connectivity index (χ4n) is 4.62. The molecule has 202 valence electrons. The number of hydrogen-bond donors (Lipinski definition) is 4. The van der Waals surface area contributed by atoms with E-state index in [0.29, 0.717) is 12.0 Å². The normalized spacial score (nSPS) is 15.2. The molecule has 4 N–H and O–H groups in total. The molecule has 1 atom stereocenters. The summed E-state index contributed by atoms with van der Waals surface area (Å²) in [5.41, 5.74) is 3.80. The highest BCUT2D eigenvalue weighted by Gasteiger charge is 2.32. The van der Waals surface area contributed by atoms with Crippen molar-refractivity contribution in [1.82, 2.24) is 10.4 Å². The Labute approximate surface area is 217 Å². The van der Waals surface area contributed by atoms with E-state index in [1.165, 1.54) is 18.6 Å². The number of nitrogens with zero attached hydrogens (tertiary/aromatic N) is 1. The summed E-state index contributed by atoms with van der Waals surface area (Å²) in [7, 11) is 0. The molecule has 1 aromatic heterocycles. The lowest BCUT2D eigenvalue weighted by atomic mass is 9.95. The van der Waals surface area contributed by atoms with Crippen molar-refractivity contribution in [2.75, 3.05) is 6.54 Å². The second-order valence-electron chi connectivity index (χ2n) is 9.34. The molecule has 0 saturated heterocycles. The summed E-state index contributed by atoms with van der Waals surface area (Å²) in [5.74, 6) is -2.18. The van der Waals surface area contributed by atoms with Gasteiger partial charge in [0.1, 0.15) is 5.75 Å². The van der Waals surface area contributed by atoms with Crippen molar-refractivity contribution in [1.29, 1.82) is 0 Å². The van der Waals surface area contributed by atoms with Crippen molar-refractivity contribution in [2.45, 2.75) is 57.0 Å². The van der Waals surface area contributed by atoms with E-state index in [4.69, 9.17) is 5.11 Å². The molecule has 8 nitrogen and oxygen atoms in total. The Kier molecular flexibility index (Phi) is 8.35. The summed E-state index contributed by atoms with van der Waals surface area (Å²) in [5, 5.41) is 23.9. The number of aliphatic carboxylic acids is 1. The van der Waals surface area contributed by atoms with Crippen LogP contribution in [0.25, 0.3) is 11.3 Å². The Morgan fingerprint density at radius 1 is 1.05 bits per heavy atom. The maximum Gasteiger partial charge on any atom is 0.573 e. The number of amides is 1. The maximum absolute atomic E-state index is 12.6. The van der Waals surface area contributed by atoms with Crippen LogP contribution in [0, 0.1) is 0 Å². The summed E-state index contributed by atoms with van der Waals surface area (Å²) < 4.78 is 43.8. The molecule has 1 heterocycles. The minimum atomic E-state index is -4.75. The molecule has 11 heteroatoms. The molecule has 1 unspecified atom stereocenters. The van der Waals surface area contributed by atoms with Crippen molar-refractivity contribution < 1.29 is 42.4 Å². The first-order valence-electron chi connectivity index (χ1n) is 12.4. The molecular weight excluding hydrogens is 503 g/mol. The van der Waals surface area contributed by atoms with E-state index < -0.39 is 30.9 Å². The zero-order chi connectivity index (χ0) is 27.3. The van der Waals surface area contributed by atoms with Crippen molar-refractivity contribution in [3.63, 3.8) is 0 Å². The zero-order valence-corrected chi connectivity index (χ0v) is 20.5. The monoisotopic (exact) mass is 532 g/mol. The van der Waals surface area contributed by atoms with Gasteiger partial charge in [0.05, 0.1) is 12.2 Å². The first-order chi connectivity index (χ1) is 18.1. The van der Waals surface area contributed by atoms with Crippen LogP contribution in [0.4, 0.5) is 13.2 Å². The number of carboxylic acids is 1. The molecule has 2 aromatic carbocycles. The summed E-state index contributed by atoms with van der Waals surface area (Å²) in [6.07, 6.45) is -0.487. The summed E-state index contributed by atoms with van der Waals surface area (Å²) in [6, 6.07) is 14.9. The van der Waals surface area contributed by atoms with Crippen LogP contribution in [0.2, 0.25) is 0 Å². The fraction of sp³-hybridized carbons (Fsp3) is 0.370. The summed E-state index contributed by atoms with van der Waals surface area (Å²) in [4.78, 5) is 22.9. The molecule has 0 spiro atoms. The van der Waals surface area contributed by atoms with Gasteiger partial charge in [-0.2, -0.15) is 5.10 Å². The summed E-state index contributed by atoms with van der Waals surface area (Å²) in [6.45, 7) is -0.397. The van der Waals surface area contributed by atoms with Gasteiger partial charge in [-0.05, 0) is 54.8 Å². The number of aliphatic hydroxyl groups excluding tert-OH is 1. The number of aromatic nitrogens is 2. The van der Waals surface area contributed by atoms with Crippen LogP contribution in [0.3, 0.4) is 0 Å². The number of ether oxygens (including phenoxy) is 1. The van der Waals surface area contributed by atoms with Gasteiger partial charge in [-0.15, -0.1) is 17.9 Å². The molecule has 1 amide bonds. The molecule has 0 bridgehead atoms. The van der Waals surface area contributed by atoms with E-state index in [0.717, 1.165) is 48.2 Å². The number of aromatic amines is 1. The lowest BCUT2D eigenvalue weighted by molar-refractivity contribution is -0.766. The molecule has 0 radical (unpaired) electrons. The molecule has 1 aliphatic rings. The maximum atomic E-state index is 12.6. The average Bonchev–Trinajstić information content (AvgIpc) is 3.31. The van der Waals surface area contributed by atoms with Crippen molar-refractivity contribution in [3.8, 4) is 17.0 Å². The highest BCUT2D eigenvalue weighted by atomic mass is 19.4. The number of carboxylic acid groups (broad SMARTS) is 1. The minimum absolute atomic E-state index is 0.255. The van der Waals surface area contributed by atoms with Crippen LogP contribution in [0.15, 0.2) is 54.6 Å². The van der Waals surface area contributed by atoms with E-state index >= 15 is 0 Å². The Hall–Kier alpha value is -3.86. The van der Waals surface area contributed by atoms with Crippen LogP contribution < -0.4 is 14.7 Å². The Balaban J connectivity index is 1.51. The lowest BCUT2D eigenvalue weighted by Gasteiger charge is -2.16. The van der Waals surface area contributed by atoms with E-state index in [9.17, 15) is 27.9 Å². The van der Waals surface area contributed by atoms with Crippen molar-refractivity contribution in [2.24, 2.45) is 0 Å². The molecule has 4 rings (SSSR count). The number of carbonyl (C=O) groups is 2. The first kappa shape index (κ1) is 27.2.